The van der Waals surface area contributed by atoms with Gasteiger partial charge in [0.25, 0.3) is 5.92 Å². The molecule has 3 aromatic rings. The molecule has 2 heterocycles. The number of hydrogen-bond donors (Lipinski definition) is 1. The van der Waals surface area contributed by atoms with Crippen molar-refractivity contribution in [2.45, 2.75) is 59.9 Å². The third kappa shape index (κ3) is 4.44. The number of hydrogen-bond acceptors (Lipinski definition) is 4. The first-order valence-electron chi connectivity index (χ1n) is 12.5. The monoisotopic (exact) mass is 496 g/mol. The molecule has 36 heavy (non-hydrogen) atoms. The van der Waals surface area contributed by atoms with Crippen molar-refractivity contribution >= 4 is 22.4 Å². The molecule has 1 N–H and O–H groups in total. The van der Waals surface area contributed by atoms with Gasteiger partial charge in [-0.15, -0.1) is 0 Å². The molecule has 0 radical (unpaired) electrons. The Kier molecular flexibility index (Phi) is 6.80. The highest BCUT2D eigenvalue weighted by Gasteiger charge is 2.39. The van der Waals surface area contributed by atoms with Gasteiger partial charge in [-0.05, 0) is 43.9 Å². The third-order valence-electron chi connectivity index (χ3n) is 7.41. The van der Waals surface area contributed by atoms with Crippen molar-refractivity contribution in [1.82, 2.24) is 9.97 Å². The van der Waals surface area contributed by atoms with E-state index in [1.54, 1.807) is 6.92 Å². The molecule has 4 nitrogen and oxygen atoms in total. The minimum atomic E-state index is -3.27. The van der Waals surface area contributed by atoms with Crippen LogP contribution in [-0.4, -0.2) is 17.0 Å². The molecule has 1 unspecified atom stereocenters. The summed E-state index contributed by atoms with van der Waals surface area (Å²) in [5, 5.41) is 4.06. The van der Waals surface area contributed by atoms with E-state index < -0.39 is 29.3 Å². The maximum atomic E-state index is 15.3. The van der Waals surface area contributed by atoms with Gasteiger partial charge in [0, 0.05) is 41.2 Å². The lowest BCUT2D eigenvalue weighted by atomic mass is 9.82. The zero-order valence-corrected chi connectivity index (χ0v) is 22.1. The number of anilines is 2. The Bertz CT molecular complexity index is 1320. The summed E-state index contributed by atoms with van der Waals surface area (Å²) in [6.45, 7) is 15.1. The Labute approximate surface area is 211 Å². The highest BCUT2D eigenvalue weighted by atomic mass is 19.3. The van der Waals surface area contributed by atoms with Crippen molar-refractivity contribution in [3.8, 4) is 0 Å². The van der Waals surface area contributed by atoms with Crippen LogP contribution in [0.2, 0.25) is 0 Å². The number of aryl methyl sites for hydroxylation is 1. The maximum absolute atomic E-state index is 15.3. The molecule has 2 aromatic carbocycles. The molecular formula is C29H35F3N4. The number of allylic oxidation sites excluding steroid dienone is 1. The molecule has 0 saturated carbocycles. The van der Waals surface area contributed by atoms with Crippen molar-refractivity contribution in [3.05, 3.63) is 70.9 Å². The van der Waals surface area contributed by atoms with Gasteiger partial charge >= 0.3 is 0 Å². The first-order valence-corrected chi connectivity index (χ1v) is 12.5. The summed E-state index contributed by atoms with van der Waals surface area (Å²) in [4.78, 5) is 11.4. The summed E-state index contributed by atoms with van der Waals surface area (Å²) in [6, 6.07) is 7.72. The lowest BCUT2D eigenvalue weighted by Crippen LogP contribution is -2.32. The second-order valence-electron chi connectivity index (χ2n) is 10.6. The summed E-state index contributed by atoms with van der Waals surface area (Å²) >= 11 is 0. The smallest absolute Gasteiger partial charge is 0.278 e. The molecule has 0 fully saturated rings. The number of nitrogens with one attached hydrogen (secondary N) is 1. The number of nitrogens with zero attached hydrogens (tertiary/aromatic N) is 3. The Morgan fingerprint density at radius 3 is 2.44 bits per heavy atom. The summed E-state index contributed by atoms with van der Waals surface area (Å²) in [5.74, 6) is -3.25. The number of aromatic nitrogens is 2. The van der Waals surface area contributed by atoms with Gasteiger partial charge in [0.05, 0.1) is 17.1 Å². The van der Waals surface area contributed by atoms with E-state index in [0.29, 0.717) is 23.5 Å². The minimum absolute atomic E-state index is 0.167. The molecule has 7 heteroatoms. The Morgan fingerprint density at radius 1 is 1.11 bits per heavy atom. The molecule has 0 bridgehead atoms. The van der Waals surface area contributed by atoms with E-state index in [-0.39, 0.29) is 5.56 Å². The largest absolute Gasteiger partial charge is 0.363 e. The second-order valence-corrected chi connectivity index (χ2v) is 10.6. The van der Waals surface area contributed by atoms with Crippen LogP contribution in [0.15, 0.2) is 42.6 Å². The highest BCUT2D eigenvalue weighted by Crippen LogP contribution is 2.42. The van der Waals surface area contributed by atoms with Crippen LogP contribution in [0.5, 0.6) is 0 Å². The van der Waals surface area contributed by atoms with E-state index in [1.807, 2.05) is 20.0 Å². The summed E-state index contributed by atoms with van der Waals surface area (Å²) in [6.07, 6.45) is 0.885. The van der Waals surface area contributed by atoms with Crippen LogP contribution in [0.4, 0.5) is 24.7 Å². The lowest BCUT2D eigenvalue weighted by Gasteiger charge is -2.38. The van der Waals surface area contributed by atoms with Crippen molar-refractivity contribution in [1.29, 1.82) is 0 Å². The maximum Gasteiger partial charge on any atom is 0.278 e. The standard InChI is InChI=1S/C29H35F3N4/c1-15(2)22-12-20-13-25-23(14-26(20)36(8)18(22)6)28(35-19(7)34-25)33-17(5)21-10-9-11-24(27(21)30)29(31,32)16(3)4/h9-11,13-17,22H,6,12H2,1-5,7-8H3,(H,33,34,35)/t17-,22?/m1/s1. The van der Waals surface area contributed by atoms with Crippen LogP contribution in [0.25, 0.3) is 10.9 Å². The van der Waals surface area contributed by atoms with Gasteiger partial charge in [-0.2, -0.15) is 0 Å². The normalized spacial score (nSPS) is 17.2. The summed E-state index contributed by atoms with van der Waals surface area (Å²) < 4.78 is 44.7. The van der Waals surface area contributed by atoms with Gasteiger partial charge in [0.2, 0.25) is 0 Å². The minimum Gasteiger partial charge on any atom is -0.363 e. The predicted octanol–water partition coefficient (Wildman–Crippen LogP) is 7.78. The molecule has 192 valence electrons. The molecule has 1 aromatic heterocycles. The highest BCUT2D eigenvalue weighted by molar-refractivity contribution is 5.93. The zero-order valence-electron chi connectivity index (χ0n) is 22.1. The molecule has 0 saturated heterocycles. The molecule has 4 rings (SSSR count). The summed E-state index contributed by atoms with van der Waals surface area (Å²) in [7, 11) is 2.02. The fourth-order valence-corrected chi connectivity index (χ4v) is 5.02. The van der Waals surface area contributed by atoms with Crippen LogP contribution in [0.3, 0.4) is 0 Å². The van der Waals surface area contributed by atoms with Crippen LogP contribution < -0.4 is 10.2 Å². The zero-order chi connectivity index (χ0) is 26.5. The van der Waals surface area contributed by atoms with Crippen molar-refractivity contribution in [2.24, 2.45) is 17.8 Å². The quantitative estimate of drug-likeness (QED) is 0.378. The van der Waals surface area contributed by atoms with Gasteiger partial charge in [0.15, 0.2) is 0 Å². The Balaban J connectivity index is 1.76. The second kappa shape index (κ2) is 9.41. The number of benzene rings is 2. The SMILES string of the molecule is C=C1C(C(C)C)Cc2cc3nc(C)nc(N[C@H](C)c4cccc(C(F)(F)C(C)C)c4F)c3cc2N1C. The third-order valence-corrected chi connectivity index (χ3v) is 7.41. The van der Waals surface area contributed by atoms with Crippen LogP contribution in [0, 0.1) is 30.5 Å². The molecule has 0 aliphatic carbocycles. The van der Waals surface area contributed by atoms with E-state index in [9.17, 15) is 8.78 Å². The Hall–Kier alpha value is -3.09. The van der Waals surface area contributed by atoms with Crippen LogP contribution in [0.1, 0.15) is 63.2 Å². The number of alkyl halides is 2. The summed E-state index contributed by atoms with van der Waals surface area (Å²) in [5.41, 5.74) is 3.68. The Morgan fingerprint density at radius 2 is 1.81 bits per heavy atom. The van der Waals surface area contributed by atoms with Crippen molar-refractivity contribution in [3.63, 3.8) is 0 Å². The topological polar surface area (TPSA) is 41.1 Å². The first kappa shape index (κ1) is 26.0. The van der Waals surface area contributed by atoms with E-state index >= 15 is 4.39 Å². The fraction of sp³-hybridized carbons (Fsp3) is 0.448. The van der Waals surface area contributed by atoms with Crippen molar-refractivity contribution < 1.29 is 13.2 Å². The van der Waals surface area contributed by atoms with Crippen molar-refractivity contribution in [2.75, 3.05) is 17.3 Å². The van der Waals surface area contributed by atoms with Gasteiger partial charge in [-0.3, -0.25) is 0 Å². The number of halogens is 3. The van der Waals surface area contributed by atoms with E-state index in [1.165, 1.54) is 31.5 Å². The number of rotatable bonds is 6. The van der Waals surface area contributed by atoms with Gasteiger partial charge in [-0.1, -0.05) is 52.5 Å². The average Bonchev–Trinajstić information content (AvgIpc) is 2.80. The van der Waals surface area contributed by atoms with Gasteiger partial charge in [-0.25, -0.2) is 23.1 Å². The van der Waals surface area contributed by atoms with Crippen LogP contribution >= 0.6 is 0 Å². The fourth-order valence-electron chi connectivity index (χ4n) is 5.02. The van der Waals surface area contributed by atoms with E-state index in [4.69, 9.17) is 0 Å². The van der Waals surface area contributed by atoms with E-state index in [0.717, 1.165) is 34.8 Å². The van der Waals surface area contributed by atoms with E-state index in [2.05, 4.69) is 46.7 Å². The molecule has 1 aliphatic heterocycles. The average molecular weight is 497 g/mol. The van der Waals surface area contributed by atoms with Gasteiger partial charge < -0.3 is 10.2 Å². The first-order chi connectivity index (χ1) is 16.8. The van der Waals surface area contributed by atoms with Gasteiger partial charge in [0.1, 0.15) is 17.5 Å². The molecule has 2 atom stereocenters. The molecule has 1 aliphatic rings. The number of fused-ring (bicyclic) bond motifs is 2. The lowest BCUT2D eigenvalue weighted by molar-refractivity contribution is -0.0545. The molecule has 0 amide bonds. The molecule has 0 spiro atoms. The predicted molar refractivity (Wildman–Crippen MR) is 141 cm³/mol. The van der Waals surface area contributed by atoms with Crippen LogP contribution in [-0.2, 0) is 12.3 Å². The molecular weight excluding hydrogens is 461 g/mol.